The molecule has 0 aliphatic carbocycles. The lowest BCUT2D eigenvalue weighted by molar-refractivity contribution is -0.870. The van der Waals surface area contributed by atoms with E-state index in [1.165, 1.54) is 89.9 Å². The molecule has 3 unspecified atom stereocenters. The van der Waals surface area contributed by atoms with E-state index in [2.05, 4.69) is 153 Å². The molecule has 3 N–H and O–H groups in total. The topological polar surface area (TPSA) is 105 Å². The molecule has 0 aromatic heterocycles. The third kappa shape index (κ3) is 60.3. The lowest BCUT2D eigenvalue weighted by Gasteiger charge is -2.26. The van der Waals surface area contributed by atoms with Gasteiger partial charge < -0.3 is 19.8 Å². The number of amides is 1. The van der Waals surface area contributed by atoms with Crippen LogP contribution in [0.5, 0.6) is 0 Å². The third-order valence-corrected chi connectivity index (χ3v) is 14.4. The van der Waals surface area contributed by atoms with E-state index in [0.717, 1.165) is 128 Å². The Morgan fingerprint density at radius 3 is 1.13 bits per heavy atom. The van der Waals surface area contributed by atoms with Crippen LogP contribution in [0.4, 0.5) is 0 Å². The van der Waals surface area contributed by atoms with Crippen LogP contribution < -0.4 is 5.32 Å². The van der Waals surface area contributed by atoms with Crippen LogP contribution in [0.1, 0.15) is 245 Å². The van der Waals surface area contributed by atoms with Gasteiger partial charge in [-0.05, 0) is 96.3 Å². The summed E-state index contributed by atoms with van der Waals surface area (Å²) in [7, 11) is 1.59. The number of nitrogens with one attached hydrogen (secondary N) is 1. The van der Waals surface area contributed by atoms with Gasteiger partial charge in [-0.2, -0.15) is 0 Å². The second kappa shape index (κ2) is 58.3. The van der Waals surface area contributed by atoms with E-state index in [4.69, 9.17) is 9.05 Å². The molecule has 446 valence electrons. The first-order valence-electron chi connectivity index (χ1n) is 31.5. The number of likely N-dealkylation sites (N-methyl/N-ethyl adjacent to an activating group) is 1. The Labute approximate surface area is 481 Å². The van der Waals surface area contributed by atoms with Crippen LogP contribution in [0.2, 0.25) is 0 Å². The standard InChI is InChI=1S/C69H119N2O6P/c1-6-8-10-12-14-16-18-20-22-24-25-26-27-28-29-30-31-32-33-34-35-36-37-38-39-40-41-42-43-44-45-47-49-51-53-55-57-59-61-63-69(73)70-67(66-77-78(74,75)76-65-64-71(3,4)5)68(72)62-60-58-56-54-52-50-48-46-23-21-19-17-15-13-11-9-7-2/h8,10,14,16,20,22,25-26,28-29,31-32,34-35,37-38,40-41,43-44,47,49,67-68,72H,6-7,9,11-13,15,17-19,21,23-24,27,30,33,36,39,42,45-46,48,50-66H2,1-5H3,(H-,70,73,74,75)/p+1/b10-8-,16-14-,22-20-,26-25-,29-28-,32-31-,35-34-,38-37-,41-40-,44-43-,49-47-. The first-order valence-corrected chi connectivity index (χ1v) is 33.0. The molecule has 0 aromatic carbocycles. The van der Waals surface area contributed by atoms with Gasteiger partial charge in [-0.25, -0.2) is 4.57 Å². The van der Waals surface area contributed by atoms with Gasteiger partial charge in [0.05, 0.1) is 39.9 Å². The Morgan fingerprint density at radius 2 is 0.769 bits per heavy atom. The van der Waals surface area contributed by atoms with Crippen molar-refractivity contribution in [3.8, 4) is 0 Å². The molecule has 0 aliphatic rings. The number of unbranched alkanes of at least 4 members (excludes halogenated alkanes) is 21. The minimum atomic E-state index is -4.34. The minimum Gasteiger partial charge on any atom is -0.391 e. The normalized spacial score (nSPS) is 14.7. The molecule has 0 aromatic rings. The molecule has 0 radical (unpaired) electrons. The van der Waals surface area contributed by atoms with Gasteiger partial charge in [-0.3, -0.25) is 13.8 Å². The van der Waals surface area contributed by atoms with E-state index in [9.17, 15) is 19.4 Å². The average Bonchev–Trinajstić information content (AvgIpc) is 3.40. The lowest BCUT2D eigenvalue weighted by Crippen LogP contribution is -2.46. The molecule has 9 heteroatoms. The summed E-state index contributed by atoms with van der Waals surface area (Å²) in [6.45, 7) is 4.76. The number of quaternary nitrogens is 1. The third-order valence-electron chi connectivity index (χ3n) is 13.4. The highest BCUT2D eigenvalue weighted by Crippen LogP contribution is 2.43. The van der Waals surface area contributed by atoms with Gasteiger partial charge in [-0.15, -0.1) is 0 Å². The number of allylic oxidation sites excluding steroid dienone is 22. The quantitative estimate of drug-likeness (QED) is 0.0243. The summed E-state index contributed by atoms with van der Waals surface area (Å²) in [6.07, 6.45) is 88.0. The molecule has 0 spiro atoms. The van der Waals surface area contributed by atoms with Crippen LogP contribution in [0.15, 0.2) is 134 Å². The van der Waals surface area contributed by atoms with Crippen molar-refractivity contribution in [1.82, 2.24) is 5.32 Å². The molecule has 0 saturated carbocycles. The van der Waals surface area contributed by atoms with Crippen LogP contribution in [-0.4, -0.2) is 73.4 Å². The van der Waals surface area contributed by atoms with E-state index < -0.39 is 20.0 Å². The molecular formula is C69H120N2O6P+. The maximum absolute atomic E-state index is 13.0. The van der Waals surface area contributed by atoms with Crippen LogP contribution in [0.25, 0.3) is 0 Å². The molecule has 0 aliphatic heterocycles. The SMILES string of the molecule is CC/C=C\C/C=C\C/C=C\C/C=C\C/C=C\C/C=C\C/C=C\C/C=C\C/C=C\C/C=C\C/C=C\CCCCCCCC(=O)NC(COP(=O)(O)OCC[N+](C)(C)C)C(O)CCCCCCCCCCCCCCCCCCC. The first kappa shape index (κ1) is 74.6. The fourth-order valence-corrected chi connectivity index (χ4v) is 9.26. The summed E-state index contributed by atoms with van der Waals surface area (Å²) < 4.78 is 23.8. The van der Waals surface area contributed by atoms with E-state index in [1.54, 1.807) is 0 Å². The molecule has 0 bridgehead atoms. The highest BCUT2D eigenvalue weighted by Gasteiger charge is 2.28. The fourth-order valence-electron chi connectivity index (χ4n) is 8.52. The Hall–Kier alpha value is -3.36. The van der Waals surface area contributed by atoms with Gasteiger partial charge in [0, 0.05) is 6.42 Å². The number of aliphatic hydroxyl groups is 1. The molecule has 0 saturated heterocycles. The Kier molecular flexibility index (Phi) is 55.8. The lowest BCUT2D eigenvalue weighted by atomic mass is 10.0. The van der Waals surface area contributed by atoms with Crippen LogP contribution in [0.3, 0.4) is 0 Å². The monoisotopic (exact) mass is 1100 g/mol. The van der Waals surface area contributed by atoms with E-state index in [0.29, 0.717) is 23.9 Å². The largest absolute Gasteiger partial charge is 0.472 e. The second-order valence-corrected chi connectivity index (χ2v) is 23.5. The van der Waals surface area contributed by atoms with Crippen LogP contribution in [-0.2, 0) is 18.4 Å². The number of carbonyl (C=O) groups excluding carboxylic acids is 1. The number of phosphoric acid groups is 1. The number of nitrogens with zero attached hydrogens (tertiary/aromatic N) is 1. The van der Waals surface area contributed by atoms with Crippen molar-refractivity contribution >= 4 is 13.7 Å². The Bertz CT molecular complexity index is 1730. The van der Waals surface area contributed by atoms with Crippen molar-refractivity contribution in [2.75, 3.05) is 40.9 Å². The van der Waals surface area contributed by atoms with Crippen molar-refractivity contribution < 1.29 is 32.9 Å². The van der Waals surface area contributed by atoms with Gasteiger partial charge in [0.25, 0.3) is 0 Å². The summed E-state index contributed by atoms with van der Waals surface area (Å²) in [6, 6.07) is -0.781. The zero-order valence-electron chi connectivity index (χ0n) is 50.9. The van der Waals surface area contributed by atoms with E-state index >= 15 is 0 Å². The number of hydrogen-bond acceptors (Lipinski definition) is 5. The fraction of sp³-hybridized carbons (Fsp3) is 0.667. The number of phosphoric ester groups is 1. The van der Waals surface area contributed by atoms with E-state index in [-0.39, 0.29) is 19.1 Å². The second-order valence-electron chi connectivity index (χ2n) is 22.1. The summed E-state index contributed by atoms with van der Waals surface area (Å²) in [5.74, 6) is -0.167. The summed E-state index contributed by atoms with van der Waals surface area (Å²) in [5.41, 5.74) is 0. The molecule has 3 atom stereocenters. The van der Waals surface area contributed by atoms with Crippen molar-refractivity contribution in [3.05, 3.63) is 134 Å². The summed E-state index contributed by atoms with van der Waals surface area (Å²) >= 11 is 0. The Balaban J connectivity index is 4.18. The van der Waals surface area contributed by atoms with Crippen molar-refractivity contribution in [2.24, 2.45) is 0 Å². The van der Waals surface area contributed by atoms with Crippen molar-refractivity contribution in [1.29, 1.82) is 0 Å². The number of rotatable bonds is 56. The predicted molar refractivity (Wildman–Crippen MR) is 341 cm³/mol. The molecule has 0 heterocycles. The van der Waals surface area contributed by atoms with E-state index in [1.807, 2.05) is 21.1 Å². The first-order chi connectivity index (χ1) is 38.0. The molecule has 8 nitrogen and oxygen atoms in total. The summed E-state index contributed by atoms with van der Waals surface area (Å²) in [5, 5.41) is 14.1. The Morgan fingerprint density at radius 1 is 0.449 bits per heavy atom. The van der Waals surface area contributed by atoms with Gasteiger partial charge in [0.1, 0.15) is 13.2 Å². The van der Waals surface area contributed by atoms with Gasteiger partial charge >= 0.3 is 7.82 Å². The number of carbonyl (C=O) groups is 1. The predicted octanol–water partition coefficient (Wildman–Crippen LogP) is 19.9. The molecule has 0 rings (SSSR count). The minimum absolute atomic E-state index is 0.0640. The van der Waals surface area contributed by atoms with Gasteiger partial charge in [0.2, 0.25) is 5.91 Å². The van der Waals surface area contributed by atoms with Crippen molar-refractivity contribution in [2.45, 2.75) is 257 Å². The molecule has 1 amide bonds. The highest BCUT2D eigenvalue weighted by molar-refractivity contribution is 7.47. The van der Waals surface area contributed by atoms with Crippen LogP contribution >= 0.6 is 7.82 Å². The smallest absolute Gasteiger partial charge is 0.391 e. The van der Waals surface area contributed by atoms with Crippen molar-refractivity contribution in [3.63, 3.8) is 0 Å². The zero-order chi connectivity index (χ0) is 57.0. The van der Waals surface area contributed by atoms with Gasteiger partial charge in [0.15, 0.2) is 0 Å². The molecule has 78 heavy (non-hydrogen) atoms. The molecule has 0 fully saturated rings. The highest BCUT2D eigenvalue weighted by atomic mass is 31.2. The maximum Gasteiger partial charge on any atom is 0.472 e. The number of hydrogen-bond donors (Lipinski definition) is 3. The number of aliphatic hydroxyl groups excluding tert-OH is 1. The average molecular weight is 1100 g/mol. The zero-order valence-corrected chi connectivity index (χ0v) is 51.7. The maximum atomic E-state index is 13.0. The summed E-state index contributed by atoms with van der Waals surface area (Å²) in [4.78, 5) is 23.4. The van der Waals surface area contributed by atoms with Gasteiger partial charge in [-0.1, -0.05) is 276 Å². The molecular weight excluding hydrogens is 984 g/mol. The van der Waals surface area contributed by atoms with Crippen LogP contribution in [0, 0.1) is 0 Å².